The fraction of sp³-hybridized carbons (Fsp3) is 0.273. The van der Waals surface area contributed by atoms with E-state index in [4.69, 9.17) is 11.6 Å². The Morgan fingerprint density at radius 3 is 2.21 bits per heavy atom. The highest BCUT2D eigenvalue weighted by atomic mass is 35.5. The van der Waals surface area contributed by atoms with Crippen LogP contribution >= 0.6 is 11.6 Å². The molecule has 29 heavy (non-hydrogen) atoms. The first-order valence-corrected chi connectivity index (χ1v) is 9.65. The maximum absolute atomic E-state index is 13.0. The van der Waals surface area contributed by atoms with Crippen molar-refractivity contribution in [1.82, 2.24) is 0 Å². The van der Waals surface area contributed by atoms with Crippen LogP contribution in [0.2, 0.25) is 5.02 Å². The normalized spacial score (nSPS) is 20.1. The molecule has 0 aromatic heterocycles. The van der Waals surface area contributed by atoms with Crippen molar-refractivity contribution in [3.05, 3.63) is 76.0 Å². The molecule has 1 aliphatic carbocycles. The molecule has 2 aromatic rings. The minimum absolute atomic E-state index is 0.0180. The van der Waals surface area contributed by atoms with E-state index < -0.39 is 11.7 Å². The number of nitrogens with zero attached hydrogens (tertiary/aromatic N) is 1. The molecule has 0 spiro atoms. The Morgan fingerprint density at radius 2 is 1.59 bits per heavy atom. The maximum Gasteiger partial charge on any atom is 0.416 e. The number of hydrogen-bond donors (Lipinski definition) is 0. The Bertz CT molecular complexity index is 994. The number of Topliss-reactive ketones (excluding diaryl/α,β-unsaturated/α-hetero) is 1. The standard InChI is InChI=1S/C22H17ClF3NO2/c23-15-8-4-13(5-9-15)17-12-20(29)27(18-2-1-3-19(28)21(17)18)16-10-6-14(7-11-16)22(24,25)26/h4-11,17H,1-3,12H2. The predicted octanol–water partition coefficient (Wildman–Crippen LogP) is 5.89. The van der Waals surface area contributed by atoms with Gasteiger partial charge in [-0.1, -0.05) is 23.7 Å². The van der Waals surface area contributed by atoms with Gasteiger partial charge in [0.1, 0.15) is 0 Å². The van der Waals surface area contributed by atoms with Crippen molar-refractivity contribution in [1.29, 1.82) is 0 Å². The smallest absolute Gasteiger partial charge is 0.294 e. The van der Waals surface area contributed by atoms with Crippen molar-refractivity contribution >= 4 is 29.0 Å². The third-order valence-electron chi connectivity index (χ3n) is 5.40. The number of rotatable bonds is 2. The van der Waals surface area contributed by atoms with E-state index in [2.05, 4.69) is 0 Å². The molecule has 0 bridgehead atoms. The topological polar surface area (TPSA) is 37.4 Å². The number of carbonyl (C=O) groups is 2. The highest BCUT2D eigenvalue weighted by Crippen LogP contribution is 2.43. The second kappa shape index (κ2) is 7.34. The summed E-state index contributed by atoms with van der Waals surface area (Å²) in [4.78, 5) is 27.2. The van der Waals surface area contributed by atoms with Crippen molar-refractivity contribution in [2.45, 2.75) is 37.8 Å². The molecule has 0 saturated carbocycles. The molecule has 0 saturated heterocycles. The SMILES string of the molecule is O=C1CCCC2=C1C(c1ccc(Cl)cc1)CC(=O)N2c1ccc(C(F)(F)F)cc1. The van der Waals surface area contributed by atoms with Gasteiger partial charge < -0.3 is 0 Å². The van der Waals surface area contributed by atoms with Gasteiger partial charge in [0.2, 0.25) is 5.91 Å². The lowest BCUT2D eigenvalue weighted by molar-refractivity contribution is -0.137. The lowest BCUT2D eigenvalue weighted by atomic mass is 9.77. The fourth-order valence-corrected chi connectivity index (χ4v) is 4.20. The molecule has 1 amide bonds. The van der Waals surface area contributed by atoms with Gasteiger partial charge in [-0.2, -0.15) is 13.2 Å². The van der Waals surface area contributed by atoms with E-state index in [-0.39, 0.29) is 24.0 Å². The summed E-state index contributed by atoms with van der Waals surface area (Å²) in [5.74, 6) is -0.623. The summed E-state index contributed by atoms with van der Waals surface area (Å²) >= 11 is 5.96. The zero-order valence-corrected chi connectivity index (χ0v) is 16.1. The van der Waals surface area contributed by atoms with Gasteiger partial charge in [0.15, 0.2) is 5.78 Å². The molecule has 0 fully saturated rings. The number of hydrogen-bond acceptors (Lipinski definition) is 2. The summed E-state index contributed by atoms with van der Waals surface area (Å²) in [5.41, 5.74) is 1.58. The average Bonchev–Trinajstić information content (AvgIpc) is 2.67. The molecule has 7 heteroatoms. The third kappa shape index (κ3) is 3.69. The molecular formula is C22H17ClF3NO2. The molecule has 2 aliphatic rings. The van der Waals surface area contributed by atoms with Gasteiger partial charge in [0.05, 0.1) is 5.56 Å². The third-order valence-corrected chi connectivity index (χ3v) is 5.65. The highest BCUT2D eigenvalue weighted by Gasteiger charge is 2.40. The fourth-order valence-electron chi connectivity index (χ4n) is 4.07. The first-order valence-electron chi connectivity index (χ1n) is 9.27. The molecule has 2 aromatic carbocycles. The Morgan fingerprint density at radius 1 is 0.931 bits per heavy atom. The molecular weight excluding hydrogens is 403 g/mol. The van der Waals surface area contributed by atoms with Gasteiger partial charge in [-0.25, -0.2) is 0 Å². The molecule has 4 rings (SSSR count). The number of carbonyl (C=O) groups excluding carboxylic acids is 2. The molecule has 0 N–H and O–H groups in total. The highest BCUT2D eigenvalue weighted by molar-refractivity contribution is 6.30. The van der Waals surface area contributed by atoms with Gasteiger partial charge in [-0.15, -0.1) is 0 Å². The van der Waals surface area contributed by atoms with Crippen LogP contribution in [0, 0.1) is 0 Å². The largest absolute Gasteiger partial charge is 0.416 e. The summed E-state index contributed by atoms with van der Waals surface area (Å²) in [6, 6.07) is 11.5. The van der Waals surface area contributed by atoms with Crippen LogP contribution in [-0.4, -0.2) is 11.7 Å². The molecule has 1 aliphatic heterocycles. The van der Waals surface area contributed by atoms with Crippen LogP contribution in [-0.2, 0) is 15.8 Å². The second-order valence-electron chi connectivity index (χ2n) is 7.22. The van der Waals surface area contributed by atoms with E-state index in [0.717, 1.165) is 17.7 Å². The number of alkyl halides is 3. The van der Waals surface area contributed by atoms with Crippen LogP contribution < -0.4 is 4.90 Å². The summed E-state index contributed by atoms with van der Waals surface area (Å²) in [7, 11) is 0. The molecule has 150 valence electrons. The van der Waals surface area contributed by atoms with E-state index in [9.17, 15) is 22.8 Å². The molecule has 1 atom stereocenters. The number of benzene rings is 2. The summed E-state index contributed by atoms with van der Waals surface area (Å²) in [6.45, 7) is 0. The number of ketones is 1. The molecule has 1 heterocycles. The Labute approximate surface area is 170 Å². The van der Waals surface area contributed by atoms with E-state index in [1.807, 2.05) is 0 Å². The van der Waals surface area contributed by atoms with Crippen molar-refractivity contribution < 1.29 is 22.8 Å². The van der Waals surface area contributed by atoms with Gasteiger partial charge in [-0.05, 0) is 54.8 Å². The quantitative estimate of drug-likeness (QED) is 0.609. The van der Waals surface area contributed by atoms with E-state index in [0.29, 0.717) is 41.2 Å². The molecule has 1 unspecified atom stereocenters. The summed E-state index contributed by atoms with van der Waals surface area (Å²) < 4.78 is 38.6. The van der Waals surface area contributed by atoms with Gasteiger partial charge >= 0.3 is 6.18 Å². The van der Waals surface area contributed by atoms with Gasteiger partial charge in [0.25, 0.3) is 0 Å². The second-order valence-corrected chi connectivity index (χ2v) is 7.66. The van der Waals surface area contributed by atoms with Crippen LogP contribution in [0.25, 0.3) is 0 Å². The van der Waals surface area contributed by atoms with E-state index in [1.165, 1.54) is 17.0 Å². The average molecular weight is 420 g/mol. The van der Waals surface area contributed by atoms with E-state index in [1.54, 1.807) is 24.3 Å². The zero-order chi connectivity index (χ0) is 20.8. The van der Waals surface area contributed by atoms with Crippen LogP contribution in [0.4, 0.5) is 18.9 Å². The van der Waals surface area contributed by atoms with Gasteiger partial charge in [0, 0.05) is 40.7 Å². The van der Waals surface area contributed by atoms with Gasteiger partial charge in [-0.3, -0.25) is 14.5 Å². The number of allylic oxidation sites excluding steroid dienone is 2. The number of anilines is 1. The monoisotopic (exact) mass is 419 g/mol. The summed E-state index contributed by atoms with van der Waals surface area (Å²) in [6.07, 6.45) is -2.84. The first kappa shape index (κ1) is 19.7. The number of halogens is 4. The minimum Gasteiger partial charge on any atom is -0.294 e. The lowest BCUT2D eigenvalue weighted by Crippen LogP contribution is -2.40. The molecule has 0 radical (unpaired) electrons. The van der Waals surface area contributed by atoms with Crippen LogP contribution in [0.3, 0.4) is 0 Å². The lowest BCUT2D eigenvalue weighted by Gasteiger charge is -2.38. The Balaban J connectivity index is 1.79. The van der Waals surface area contributed by atoms with Crippen LogP contribution in [0.15, 0.2) is 59.8 Å². The van der Waals surface area contributed by atoms with E-state index >= 15 is 0 Å². The maximum atomic E-state index is 13.0. The van der Waals surface area contributed by atoms with Crippen molar-refractivity contribution in [2.24, 2.45) is 0 Å². The summed E-state index contributed by atoms with van der Waals surface area (Å²) in [5, 5.41) is 0.562. The van der Waals surface area contributed by atoms with Crippen LogP contribution in [0.5, 0.6) is 0 Å². The van der Waals surface area contributed by atoms with Crippen molar-refractivity contribution in [2.75, 3.05) is 4.90 Å². The van der Waals surface area contributed by atoms with Crippen LogP contribution in [0.1, 0.15) is 42.7 Å². The zero-order valence-electron chi connectivity index (χ0n) is 15.3. The Kier molecular flexibility index (Phi) is 4.99. The van der Waals surface area contributed by atoms with Crippen molar-refractivity contribution in [3.8, 4) is 0 Å². The van der Waals surface area contributed by atoms with Crippen molar-refractivity contribution in [3.63, 3.8) is 0 Å². The minimum atomic E-state index is -4.45. The number of amides is 1. The first-order chi connectivity index (χ1) is 13.8. The predicted molar refractivity (Wildman–Crippen MR) is 104 cm³/mol. The molecule has 3 nitrogen and oxygen atoms in total. The Hall–Kier alpha value is -2.60.